The lowest BCUT2D eigenvalue weighted by Crippen LogP contribution is -2.08. The summed E-state index contributed by atoms with van der Waals surface area (Å²) in [5.41, 5.74) is 1.56. The third-order valence-corrected chi connectivity index (χ3v) is 4.11. The van der Waals surface area contributed by atoms with Gasteiger partial charge in [0.25, 0.3) is 0 Å². The molecule has 0 spiro atoms. The number of carbonyl (C=O) groups excluding carboxylic acids is 1. The van der Waals surface area contributed by atoms with Crippen molar-refractivity contribution in [3.63, 3.8) is 0 Å². The molecule has 1 aromatic heterocycles. The highest BCUT2D eigenvalue weighted by Crippen LogP contribution is 2.26. The van der Waals surface area contributed by atoms with Crippen LogP contribution in [0.4, 0.5) is 8.78 Å². The van der Waals surface area contributed by atoms with Crippen LogP contribution in [-0.2, 0) is 11.3 Å². The van der Waals surface area contributed by atoms with E-state index in [9.17, 15) is 13.6 Å². The molecule has 3 rings (SSSR count). The Labute approximate surface area is 150 Å². The highest BCUT2D eigenvalue weighted by molar-refractivity contribution is 9.10. The number of nitrogens with zero attached hydrogens (tertiary/aromatic N) is 1. The molecule has 25 heavy (non-hydrogen) atoms. The van der Waals surface area contributed by atoms with Gasteiger partial charge < -0.3 is 9.26 Å². The summed E-state index contributed by atoms with van der Waals surface area (Å²) in [4.78, 5) is 12.0. The zero-order valence-electron chi connectivity index (χ0n) is 13.1. The zero-order valence-corrected chi connectivity index (χ0v) is 14.6. The van der Waals surface area contributed by atoms with E-state index in [1.54, 1.807) is 25.1 Å². The van der Waals surface area contributed by atoms with Gasteiger partial charge >= 0.3 is 5.97 Å². The minimum Gasteiger partial charge on any atom is -0.455 e. The van der Waals surface area contributed by atoms with Crippen LogP contribution in [0, 0.1) is 18.6 Å². The maximum Gasteiger partial charge on any atom is 0.341 e. The maximum atomic E-state index is 13.8. The number of hydrogen-bond donors (Lipinski definition) is 0. The van der Waals surface area contributed by atoms with Crippen molar-refractivity contribution in [1.82, 2.24) is 5.16 Å². The average molecular weight is 408 g/mol. The van der Waals surface area contributed by atoms with Gasteiger partial charge in [0.15, 0.2) is 5.76 Å². The van der Waals surface area contributed by atoms with Crippen molar-refractivity contribution in [2.24, 2.45) is 0 Å². The van der Waals surface area contributed by atoms with Gasteiger partial charge in [-0.1, -0.05) is 21.1 Å². The third kappa shape index (κ3) is 3.76. The summed E-state index contributed by atoms with van der Waals surface area (Å²) in [7, 11) is 0. The molecule has 0 aliphatic heterocycles. The van der Waals surface area contributed by atoms with E-state index in [-0.39, 0.29) is 18.0 Å². The van der Waals surface area contributed by atoms with E-state index >= 15 is 0 Å². The van der Waals surface area contributed by atoms with Crippen molar-refractivity contribution < 1.29 is 22.8 Å². The van der Waals surface area contributed by atoms with Gasteiger partial charge in [0.2, 0.25) is 0 Å². The lowest BCUT2D eigenvalue weighted by Gasteiger charge is -2.05. The molecule has 0 saturated heterocycles. The molecule has 128 valence electrons. The lowest BCUT2D eigenvalue weighted by molar-refractivity contribution is 0.0458. The molecule has 0 fully saturated rings. The van der Waals surface area contributed by atoms with Crippen molar-refractivity contribution in [2.75, 3.05) is 0 Å². The van der Waals surface area contributed by atoms with E-state index in [0.29, 0.717) is 27.1 Å². The second-order valence-corrected chi connectivity index (χ2v) is 6.21. The van der Waals surface area contributed by atoms with Crippen molar-refractivity contribution in [3.05, 3.63) is 75.4 Å². The lowest BCUT2D eigenvalue weighted by atomic mass is 10.1. The monoisotopic (exact) mass is 407 g/mol. The number of ether oxygens (including phenoxy) is 1. The van der Waals surface area contributed by atoms with Gasteiger partial charge in [-0.25, -0.2) is 13.6 Å². The van der Waals surface area contributed by atoms with Gasteiger partial charge in [0.05, 0.1) is 5.56 Å². The third-order valence-electron chi connectivity index (χ3n) is 3.62. The molecule has 2 aromatic carbocycles. The maximum absolute atomic E-state index is 13.8. The standard InChI is InChI=1S/C18H12BrF2NO3/c1-10-16(22-25-17(10)11-2-5-13(20)6-3-11)9-24-18(23)14-7-4-12(19)8-15(14)21/h2-8H,9H2,1H3. The molecule has 4 nitrogen and oxygen atoms in total. The summed E-state index contributed by atoms with van der Waals surface area (Å²) in [6.07, 6.45) is 0. The summed E-state index contributed by atoms with van der Waals surface area (Å²) in [6.45, 7) is 1.59. The highest BCUT2D eigenvalue weighted by Gasteiger charge is 2.18. The van der Waals surface area contributed by atoms with Crippen molar-refractivity contribution in [1.29, 1.82) is 0 Å². The van der Waals surface area contributed by atoms with Crippen molar-refractivity contribution >= 4 is 21.9 Å². The molecule has 0 amide bonds. The minimum absolute atomic E-state index is 0.162. The Balaban J connectivity index is 1.74. The summed E-state index contributed by atoms with van der Waals surface area (Å²) in [6, 6.07) is 9.83. The Morgan fingerprint density at radius 2 is 1.92 bits per heavy atom. The summed E-state index contributed by atoms with van der Waals surface area (Å²) in [5, 5.41) is 3.87. The molecule has 0 aliphatic rings. The number of benzene rings is 2. The molecule has 0 bridgehead atoms. The number of carbonyl (C=O) groups is 1. The minimum atomic E-state index is -0.796. The molecule has 0 unspecified atom stereocenters. The summed E-state index contributed by atoms with van der Waals surface area (Å²) in [5.74, 6) is -1.37. The molecular formula is C18H12BrF2NO3. The van der Waals surface area contributed by atoms with E-state index < -0.39 is 11.8 Å². The SMILES string of the molecule is Cc1c(COC(=O)c2ccc(Br)cc2F)noc1-c1ccc(F)cc1. The van der Waals surface area contributed by atoms with Crippen LogP contribution in [0.1, 0.15) is 21.6 Å². The molecule has 0 saturated carbocycles. The summed E-state index contributed by atoms with van der Waals surface area (Å²) >= 11 is 3.12. The number of aromatic nitrogens is 1. The zero-order chi connectivity index (χ0) is 18.0. The fraction of sp³-hybridized carbons (Fsp3) is 0.111. The van der Waals surface area contributed by atoms with E-state index in [1.807, 2.05) is 0 Å². The van der Waals surface area contributed by atoms with E-state index in [0.717, 1.165) is 0 Å². The van der Waals surface area contributed by atoms with Gasteiger partial charge in [-0.2, -0.15) is 0 Å². The van der Waals surface area contributed by atoms with Crippen LogP contribution in [-0.4, -0.2) is 11.1 Å². The molecule has 1 heterocycles. The molecule has 3 aromatic rings. The van der Waals surface area contributed by atoms with Gasteiger partial charge in [-0.05, 0) is 49.4 Å². The van der Waals surface area contributed by atoms with Crippen LogP contribution < -0.4 is 0 Å². The average Bonchev–Trinajstić information content (AvgIpc) is 2.94. The van der Waals surface area contributed by atoms with Crippen LogP contribution in [0.25, 0.3) is 11.3 Å². The molecule has 0 radical (unpaired) electrons. The smallest absolute Gasteiger partial charge is 0.341 e. The molecule has 0 aliphatic carbocycles. The Morgan fingerprint density at radius 1 is 1.20 bits per heavy atom. The van der Waals surface area contributed by atoms with Crippen LogP contribution in [0.2, 0.25) is 0 Å². The molecule has 0 N–H and O–H groups in total. The Hall–Kier alpha value is -2.54. The number of halogens is 3. The first-order valence-electron chi connectivity index (χ1n) is 7.29. The van der Waals surface area contributed by atoms with Gasteiger partial charge in [-0.3, -0.25) is 0 Å². The Kier molecular flexibility index (Phi) is 4.94. The normalized spacial score (nSPS) is 10.7. The van der Waals surface area contributed by atoms with E-state index in [1.165, 1.54) is 24.3 Å². The predicted octanol–water partition coefficient (Wildman–Crippen LogP) is 5.05. The van der Waals surface area contributed by atoms with E-state index in [4.69, 9.17) is 9.26 Å². The van der Waals surface area contributed by atoms with Crippen LogP contribution in [0.3, 0.4) is 0 Å². The van der Waals surface area contributed by atoms with Crippen molar-refractivity contribution in [3.8, 4) is 11.3 Å². The number of rotatable bonds is 4. The number of esters is 1. The molecular weight excluding hydrogens is 396 g/mol. The Morgan fingerprint density at radius 3 is 2.60 bits per heavy atom. The first kappa shape index (κ1) is 17.3. The first-order valence-corrected chi connectivity index (χ1v) is 8.08. The Bertz CT molecular complexity index is 923. The van der Waals surface area contributed by atoms with Crippen molar-refractivity contribution in [2.45, 2.75) is 13.5 Å². The number of hydrogen-bond acceptors (Lipinski definition) is 4. The quantitative estimate of drug-likeness (QED) is 0.568. The van der Waals surface area contributed by atoms with Gasteiger partial charge in [-0.15, -0.1) is 0 Å². The fourth-order valence-electron chi connectivity index (χ4n) is 2.24. The molecule has 7 heteroatoms. The van der Waals surface area contributed by atoms with E-state index in [2.05, 4.69) is 21.1 Å². The van der Waals surface area contributed by atoms with Crippen LogP contribution in [0.15, 0.2) is 51.5 Å². The largest absolute Gasteiger partial charge is 0.455 e. The van der Waals surface area contributed by atoms with Gasteiger partial charge in [0.1, 0.15) is 23.9 Å². The first-order chi connectivity index (χ1) is 12.0. The van der Waals surface area contributed by atoms with Crippen LogP contribution in [0.5, 0.6) is 0 Å². The molecule has 0 atom stereocenters. The van der Waals surface area contributed by atoms with Crippen LogP contribution >= 0.6 is 15.9 Å². The topological polar surface area (TPSA) is 52.3 Å². The fourth-order valence-corrected chi connectivity index (χ4v) is 2.57. The second kappa shape index (κ2) is 7.14. The second-order valence-electron chi connectivity index (χ2n) is 5.29. The van der Waals surface area contributed by atoms with Gasteiger partial charge in [0, 0.05) is 15.6 Å². The summed E-state index contributed by atoms with van der Waals surface area (Å²) < 4.78 is 37.7. The predicted molar refractivity (Wildman–Crippen MR) is 89.9 cm³/mol. The highest BCUT2D eigenvalue weighted by atomic mass is 79.9.